The lowest BCUT2D eigenvalue weighted by atomic mass is 10.0. The first-order chi connectivity index (χ1) is 9.45. The Labute approximate surface area is 127 Å². The molecule has 0 bridgehead atoms. The molecule has 4 nitrogen and oxygen atoms in total. The predicted molar refractivity (Wildman–Crippen MR) is 79.6 cm³/mol. The maximum absolute atomic E-state index is 10.5. The van der Waals surface area contributed by atoms with E-state index in [1.165, 1.54) is 0 Å². The minimum absolute atomic E-state index is 0.307. The molecule has 0 aliphatic carbocycles. The van der Waals surface area contributed by atoms with E-state index in [1.807, 2.05) is 6.92 Å². The first-order valence-electron chi connectivity index (χ1n) is 6.14. The third-order valence-electron chi connectivity index (χ3n) is 3.20. The molecule has 1 heterocycles. The van der Waals surface area contributed by atoms with Crippen LogP contribution >= 0.6 is 23.2 Å². The van der Waals surface area contributed by atoms with E-state index < -0.39 is 6.10 Å². The van der Waals surface area contributed by atoms with E-state index >= 15 is 0 Å². The summed E-state index contributed by atoms with van der Waals surface area (Å²) in [6, 6.07) is 5.28. The summed E-state index contributed by atoms with van der Waals surface area (Å²) in [5.41, 5.74) is 2.10. The maximum atomic E-state index is 10.5. The highest BCUT2D eigenvalue weighted by Gasteiger charge is 2.23. The molecule has 0 amide bonds. The lowest BCUT2D eigenvalue weighted by Gasteiger charge is -2.14. The molecule has 1 unspecified atom stereocenters. The summed E-state index contributed by atoms with van der Waals surface area (Å²) in [7, 11) is 3.32. The van der Waals surface area contributed by atoms with Crippen molar-refractivity contribution in [1.82, 2.24) is 9.78 Å². The Balaban J connectivity index is 2.36. The summed E-state index contributed by atoms with van der Waals surface area (Å²) in [6.45, 7) is 1.83. The van der Waals surface area contributed by atoms with Gasteiger partial charge in [-0.3, -0.25) is 0 Å². The van der Waals surface area contributed by atoms with E-state index in [0.29, 0.717) is 33.5 Å². The van der Waals surface area contributed by atoms with Crippen LogP contribution in [0.2, 0.25) is 10.0 Å². The fourth-order valence-electron chi connectivity index (χ4n) is 2.30. The normalized spacial score (nSPS) is 12.5. The summed E-state index contributed by atoms with van der Waals surface area (Å²) >= 11 is 12.3. The van der Waals surface area contributed by atoms with Gasteiger partial charge in [0.05, 0.1) is 24.5 Å². The van der Waals surface area contributed by atoms with Gasteiger partial charge in [0.15, 0.2) is 0 Å². The number of hydrogen-bond acceptors (Lipinski definition) is 3. The van der Waals surface area contributed by atoms with Crippen LogP contribution in [0.25, 0.3) is 0 Å². The lowest BCUT2D eigenvalue weighted by Crippen LogP contribution is -2.06. The van der Waals surface area contributed by atoms with E-state index in [4.69, 9.17) is 27.9 Å². The summed E-state index contributed by atoms with van der Waals surface area (Å²) in [6.07, 6.45) is -0.474. The number of rotatable bonds is 4. The molecule has 1 aromatic heterocycles. The quantitative estimate of drug-likeness (QED) is 0.941. The van der Waals surface area contributed by atoms with Gasteiger partial charge in [-0.15, -0.1) is 0 Å². The van der Waals surface area contributed by atoms with Gasteiger partial charge >= 0.3 is 0 Å². The Kier molecular flexibility index (Phi) is 4.58. The molecule has 1 atom stereocenters. The van der Waals surface area contributed by atoms with Crippen LogP contribution in [0.4, 0.5) is 0 Å². The molecule has 2 aromatic rings. The van der Waals surface area contributed by atoms with E-state index in [-0.39, 0.29) is 0 Å². The molecule has 0 fully saturated rings. The van der Waals surface area contributed by atoms with Crippen LogP contribution in [-0.4, -0.2) is 22.0 Å². The van der Waals surface area contributed by atoms with Crippen molar-refractivity contribution < 1.29 is 9.84 Å². The molecule has 6 heteroatoms. The fourth-order valence-corrected chi connectivity index (χ4v) is 2.85. The molecule has 0 saturated carbocycles. The molecule has 108 valence electrons. The van der Waals surface area contributed by atoms with Crippen LogP contribution < -0.4 is 4.74 Å². The third kappa shape index (κ3) is 2.77. The SMILES string of the molecule is COc1c(C(O)Cc2c(Cl)cccc2Cl)c(C)nn1C. The van der Waals surface area contributed by atoms with E-state index in [9.17, 15) is 5.11 Å². The number of halogens is 2. The first kappa shape index (κ1) is 15.2. The number of aromatic nitrogens is 2. The zero-order valence-corrected chi connectivity index (χ0v) is 13.0. The van der Waals surface area contributed by atoms with Crippen molar-refractivity contribution in [2.24, 2.45) is 7.05 Å². The van der Waals surface area contributed by atoms with Crippen LogP contribution in [0.3, 0.4) is 0 Å². The molecular formula is C14H16Cl2N2O2. The van der Waals surface area contributed by atoms with Crippen LogP contribution in [0.5, 0.6) is 5.88 Å². The molecule has 0 saturated heterocycles. The summed E-state index contributed by atoms with van der Waals surface area (Å²) in [5, 5.41) is 15.8. The second-order valence-corrected chi connectivity index (χ2v) is 5.37. The molecule has 1 N–H and O–H groups in total. The Morgan fingerprint density at radius 3 is 2.50 bits per heavy atom. The topological polar surface area (TPSA) is 47.3 Å². The van der Waals surface area contributed by atoms with Gasteiger partial charge in [-0.2, -0.15) is 5.10 Å². The fraction of sp³-hybridized carbons (Fsp3) is 0.357. The average Bonchev–Trinajstić information content (AvgIpc) is 2.68. The smallest absolute Gasteiger partial charge is 0.217 e. The Morgan fingerprint density at radius 1 is 1.35 bits per heavy atom. The molecule has 2 rings (SSSR count). The van der Waals surface area contributed by atoms with Gasteiger partial charge in [-0.25, -0.2) is 4.68 Å². The number of nitrogens with zero attached hydrogens (tertiary/aromatic N) is 2. The van der Waals surface area contributed by atoms with E-state index in [0.717, 1.165) is 5.69 Å². The number of hydrogen-bond donors (Lipinski definition) is 1. The minimum Gasteiger partial charge on any atom is -0.481 e. The van der Waals surface area contributed by atoms with Gasteiger partial charge in [-0.1, -0.05) is 29.3 Å². The zero-order chi connectivity index (χ0) is 14.9. The Hall–Kier alpha value is -1.23. The van der Waals surface area contributed by atoms with Crippen LogP contribution in [0, 0.1) is 6.92 Å². The van der Waals surface area contributed by atoms with Crippen molar-refractivity contribution >= 4 is 23.2 Å². The van der Waals surface area contributed by atoms with Crippen LogP contribution in [-0.2, 0) is 13.5 Å². The Morgan fingerprint density at radius 2 is 1.95 bits per heavy atom. The average molecular weight is 315 g/mol. The van der Waals surface area contributed by atoms with E-state index in [2.05, 4.69) is 5.10 Å². The van der Waals surface area contributed by atoms with Crippen molar-refractivity contribution in [1.29, 1.82) is 0 Å². The summed E-state index contributed by atoms with van der Waals surface area (Å²) < 4.78 is 6.89. The monoisotopic (exact) mass is 314 g/mol. The number of benzene rings is 1. The molecule has 0 aliphatic rings. The molecule has 0 radical (unpaired) electrons. The third-order valence-corrected chi connectivity index (χ3v) is 3.91. The number of ether oxygens (including phenoxy) is 1. The molecule has 0 spiro atoms. The molecular weight excluding hydrogens is 299 g/mol. The predicted octanol–water partition coefficient (Wildman–Crippen LogP) is 3.32. The van der Waals surface area contributed by atoms with Crippen molar-refractivity contribution in [3.05, 3.63) is 45.1 Å². The van der Waals surface area contributed by atoms with Gasteiger partial charge in [0.2, 0.25) is 5.88 Å². The van der Waals surface area contributed by atoms with Gasteiger partial charge < -0.3 is 9.84 Å². The maximum Gasteiger partial charge on any atom is 0.217 e. The van der Waals surface area contributed by atoms with Crippen LogP contribution in [0.15, 0.2) is 18.2 Å². The highest BCUT2D eigenvalue weighted by molar-refractivity contribution is 6.36. The molecule has 1 aromatic carbocycles. The largest absolute Gasteiger partial charge is 0.481 e. The number of aliphatic hydroxyl groups excluding tert-OH is 1. The second kappa shape index (κ2) is 6.04. The zero-order valence-electron chi connectivity index (χ0n) is 11.5. The summed E-state index contributed by atoms with van der Waals surface area (Å²) in [5.74, 6) is 0.540. The Bertz CT molecular complexity index is 606. The van der Waals surface area contributed by atoms with Crippen molar-refractivity contribution in [3.63, 3.8) is 0 Å². The number of aliphatic hydroxyl groups is 1. The molecule has 0 aliphatic heterocycles. The number of methoxy groups -OCH3 is 1. The highest BCUT2D eigenvalue weighted by Crippen LogP contribution is 2.34. The first-order valence-corrected chi connectivity index (χ1v) is 6.89. The van der Waals surface area contributed by atoms with Gasteiger partial charge in [0, 0.05) is 23.5 Å². The van der Waals surface area contributed by atoms with Gasteiger partial charge in [0.1, 0.15) is 0 Å². The number of aryl methyl sites for hydroxylation is 2. The van der Waals surface area contributed by atoms with E-state index in [1.54, 1.807) is 37.0 Å². The van der Waals surface area contributed by atoms with Crippen molar-refractivity contribution in [2.45, 2.75) is 19.4 Å². The van der Waals surface area contributed by atoms with Crippen LogP contribution in [0.1, 0.15) is 22.9 Å². The lowest BCUT2D eigenvalue weighted by molar-refractivity contribution is 0.172. The second-order valence-electron chi connectivity index (χ2n) is 4.55. The van der Waals surface area contributed by atoms with Gasteiger partial charge in [-0.05, 0) is 24.6 Å². The highest BCUT2D eigenvalue weighted by atomic mass is 35.5. The molecule has 20 heavy (non-hydrogen) atoms. The van der Waals surface area contributed by atoms with Crippen molar-refractivity contribution in [2.75, 3.05) is 7.11 Å². The minimum atomic E-state index is -0.781. The standard InChI is InChI=1S/C14H16Cl2N2O2/c1-8-13(14(20-3)18(2)17-8)12(19)7-9-10(15)5-4-6-11(9)16/h4-6,12,19H,7H2,1-3H3. The van der Waals surface area contributed by atoms with Crippen molar-refractivity contribution in [3.8, 4) is 5.88 Å². The van der Waals surface area contributed by atoms with Gasteiger partial charge in [0.25, 0.3) is 0 Å². The summed E-state index contributed by atoms with van der Waals surface area (Å²) in [4.78, 5) is 0.